The van der Waals surface area contributed by atoms with Gasteiger partial charge in [-0.25, -0.2) is 0 Å². The van der Waals surface area contributed by atoms with Crippen LogP contribution in [0.15, 0.2) is 12.1 Å². The summed E-state index contributed by atoms with van der Waals surface area (Å²) in [6.07, 6.45) is -5.03. The predicted molar refractivity (Wildman–Crippen MR) is 46.3 cm³/mol. The van der Waals surface area contributed by atoms with Gasteiger partial charge in [0.1, 0.15) is 0 Å². The van der Waals surface area contributed by atoms with Crippen molar-refractivity contribution < 1.29 is 27.9 Å². The van der Waals surface area contributed by atoms with Gasteiger partial charge in [-0.05, 0) is 6.07 Å². The topological polar surface area (TPSA) is 72.6 Å². The van der Waals surface area contributed by atoms with Gasteiger partial charge in [-0.1, -0.05) is 0 Å². The average molecular weight is 237 g/mol. The van der Waals surface area contributed by atoms with E-state index < -0.39 is 33.8 Å². The molecule has 1 aromatic rings. The van der Waals surface area contributed by atoms with E-state index in [0.29, 0.717) is 6.07 Å². The fourth-order valence-corrected chi connectivity index (χ4v) is 1.16. The van der Waals surface area contributed by atoms with Gasteiger partial charge in [-0.3, -0.25) is 10.1 Å². The minimum Gasteiger partial charge on any atom is -0.504 e. The Morgan fingerprint density at radius 1 is 1.44 bits per heavy atom. The SMILES string of the molecule is COc1ccc([N+](=O)[O-])c(C(F)(F)F)c1O. The number of phenols is 1. The zero-order valence-corrected chi connectivity index (χ0v) is 7.91. The fourth-order valence-electron chi connectivity index (χ4n) is 1.16. The van der Waals surface area contributed by atoms with Crippen molar-refractivity contribution in [2.45, 2.75) is 6.18 Å². The van der Waals surface area contributed by atoms with Crippen LogP contribution >= 0.6 is 0 Å². The Morgan fingerprint density at radius 3 is 2.38 bits per heavy atom. The second kappa shape index (κ2) is 3.87. The number of benzene rings is 1. The molecule has 5 nitrogen and oxygen atoms in total. The molecule has 0 bridgehead atoms. The minimum atomic E-state index is -5.03. The molecular formula is C8H6F3NO4. The van der Waals surface area contributed by atoms with Crippen molar-refractivity contribution in [1.29, 1.82) is 0 Å². The Hall–Kier alpha value is -1.99. The molecule has 0 saturated carbocycles. The molecule has 0 radical (unpaired) electrons. The van der Waals surface area contributed by atoms with Crippen LogP contribution in [0.25, 0.3) is 0 Å². The standard InChI is InChI=1S/C8H6F3NO4/c1-16-5-3-2-4(12(14)15)6(7(5)13)8(9,10)11/h2-3,13H,1H3. The van der Waals surface area contributed by atoms with Crippen LogP contribution in [0.2, 0.25) is 0 Å². The van der Waals surface area contributed by atoms with Crippen molar-refractivity contribution in [2.24, 2.45) is 0 Å². The molecule has 16 heavy (non-hydrogen) atoms. The van der Waals surface area contributed by atoms with Crippen LogP contribution in [0.5, 0.6) is 11.5 Å². The first kappa shape index (κ1) is 12.1. The molecule has 1 rings (SSSR count). The largest absolute Gasteiger partial charge is 0.504 e. The highest BCUT2D eigenvalue weighted by Gasteiger charge is 2.42. The molecule has 1 aromatic carbocycles. The zero-order valence-electron chi connectivity index (χ0n) is 7.91. The van der Waals surface area contributed by atoms with E-state index in [2.05, 4.69) is 4.74 Å². The summed E-state index contributed by atoms with van der Waals surface area (Å²) in [5.41, 5.74) is -2.93. The van der Waals surface area contributed by atoms with E-state index in [1.165, 1.54) is 0 Å². The lowest BCUT2D eigenvalue weighted by atomic mass is 10.1. The van der Waals surface area contributed by atoms with E-state index in [-0.39, 0.29) is 0 Å². The summed E-state index contributed by atoms with van der Waals surface area (Å²) >= 11 is 0. The number of hydrogen-bond acceptors (Lipinski definition) is 4. The molecule has 0 aliphatic carbocycles. The lowest BCUT2D eigenvalue weighted by Gasteiger charge is -2.11. The summed E-state index contributed by atoms with van der Waals surface area (Å²) in [7, 11) is 1.04. The average Bonchev–Trinajstić information content (AvgIpc) is 2.14. The van der Waals surface area contributed by atoms with Crippen LogP contribution in [-0.2, 0) is 6.18 Å². The Kier molecular flexibility index (Phi) is 2.92. The molecule has 0 spiro atoms. The number of alkyl halides is 3. The molecule has 8 heteroatoms. The van der Waals surface area contributed by atoms with Crippen molar-refractivity contribution in [3.05, 3.63) is 27.8 Å². The highest BCUT2D eigenvalue weighted by atomic mass is 19.4. The molecule has 0 saturated heterocycles. The number of nitro benzene ring substituents is 1. The molecular weight excluding hydrogens is 231 g/mol. The second-order valence-corrected chi connectivity index (χ2v) is 2.77. The first-order valence-corrected chi connectivity index (χ1v) is 3.90. The van der Waals surface area contributed by atoms with Crippen LogP contribution in [0.3, 0.4) is 0 Å². The summed E-state index contributed by atoms with van der Waals surface area (Å²) in [6.45, 7) is 0. The normalized spacial score (nSPS) is 11.2. The summed E-state index contributed by atoms with van der Waals surface area (Å²) in [6, 6.07) is 1.52. The second-order valence-electron chi connectivity index (χ2n) is 2.77. The summed E-state index contributed by atoms with van der Waals surface area (Å²) < 4.78 is 41.8. The summed E-state index contributed by atoms with van der Waals surface area (Å²) in [5, 5.41) is 19.6. The zero-order chi connectivity index (χ0) is 12.5. The van der Waals surface area contributed by atoms with Crippen molar-refractivity contribution in [1.82, 2.24) is 0 Å². The van der Waals surface area contributed by atoms with Crippen LogP contribution < -0.4 is 4.74 Å². The number of phenolic OH excluding ortho intramolecular Hbond substituents is 1. The maximum atomic E-state index is 12.5. The molecule has 1 N–H and O–H groups in total. The molecule has 0 aliphatic heterocycles. The minimum absolute atomic E-state index is 0.474. The van der Waals surface area contributed by atoms with E-state index >= 15 is 0 Å². The third kappa shape index (κ3) is 2.00. The van der Waals surface area contributed by atoms with Crippen LogP contribution in [0.4, 0.5) is 18.9 Å². The lowest BCUT2D eigenvalue weighted by molar-refractivity contribution is -0.388. The summed E-state index contributed by atoms with van der Waals surface area (Å²) in [4.78, 5) is 9.15. The summed E-state index contributed by atoms with van der Waals surface area (Å²) in [5.74, 6) is -1.76. The number of nitrogens with zero attached hydrogens (tertiary/aromatic N) is 1. The molecule has 0 unspecified atom stereocenters. The number of hydrogen-bond donors (Lipinski definition) is 1. The predicted octanol–water partition coefficient (Wildman–Crippen LogP) is 2.33. The van der Waals surface area contributed by atoms with Gasteiger partial charge >= 0.3 is 6.18 Å². The molecule has 0 heterocycles. The first-order chi connectivity index (χ1) is 7.29. The Labute approximate surface area is 87.2 Å². The van der Waals surface area contributed by atoms with Crippen LogP contribution in [-0.4, -0.2) is 17.1 Å². The van der Waals surface area contributed by atoms with Gasteiger partial charge in [0.2, 0.25) is 0 Å². The number of aromatic hydroxyl groups is 1. The van der Waals surface area contributed by atoms with E-state index in [9.17, 15) is 28.4 Å². The molecule has 0 amide bonds. The van der Waals surface area contributed by atoms with Gasteiger partial charge in [0.25, 0.3) is 5.69 Å². The lowest BCUT2D eigenvalue weighted by Crippen LogP contribution is -2.09. The van der Waals surface area contributed by atoms with Crippen LogP contribution in [0.1, 0.15) is 5.56 Å². The maximum absolute atomic E-state index is 12.5. The Balaban J connectivity index is 3.56. The van der Waals surface area contributed by atoms with Gasteiger partial charge in [0, 0.05) is 6.07 Å². The van der Waals surface area contributed by atoms with Gasteiger partial charge < -0.3 is 9.84 Å². The molecule has 0 aromatic heterocycles. The van der Waals surface area contributed by atoms with Crippen molar-refractivity contribution in [3.8, 4) is 11.5 Å². The van der Waals surface area contributed by atoms with Crippen molar-refractivity contribution in [3.63, 3.8) is 0 Å². The van der Waals surface area contributed by atoms with E-state index in [1.807, 2.05) is 0 Å². The maximum Gasteiger partial charge on any atom is 0.426 e. The molecule has 0 aliphatic rings. The Morgan fingerprint density at radius 2 is 2.00 bits per heavy atom. The third-order valence-corrected chi connectivity index (χ3v) is 1.82. The van der Waals surface area contributed by atoms with Gasteiger partial charge in [-0.15, -0.1) is 0 Å². The van der Waals surface area contributed by atoms with E-state index in [1.54, 1.807) is 0 Å². The molecule has 0 fully saturated rings. The first-order valence-electron chi connectivity index (χ1n) is 3.90. The number of rotatable bonds is 2. The highest BCUT2D eigenvalue weighted by Crippen LogP contribution is 2.45. The molecule has 88 valence electrons. The number of nitro groups is 1. The molecule has 0 atom stereocenters. The van der Waals surface area contributed by atoms with E-state index in [4.69, 9.17) is 0 Å². The monoisotopic (exact) mass is 237 g/mol. The number of halogens is 3. The quantitative estimate of drug-likeness (QED) is 0.632. The van der Waals surface area contributed by atoms with E-state index in [0.717, 1.165) is 13.2 Å². The van der Waals surface area contributed by atoms with Gasteiger partial charge in [0.05, 0.1) is 12.0 Å². The smallest absolute Gasteiger partial charge is 0.426 e. The number of methoxy groups -OCH3 is 1. The van der Waals surface area contributed by atoms with Gasteiger partial charge in [0.15, 0.2) is 17.1 Å². The highest BCUT2D eigenvalue weighted by molar-refractivity contribution is 5.57. The third-order valence-electron chi connectivity index (χ3n) is 1.82. The Bertz CT molecular complexity index is 430. The van der Waals surface area contributed by atoms with Gasteiger partial charge in [-0.2, -0.15) is 13.2 Å². The number of ether oxygens (including phenoxy) is 1. The van der Waals surface area contributed by atoms with Crippen LogP contribution in [0, 0.1) is 10.1 Å². The van der Waals surface area contributed by atoms with Crippen molar-refractivity contribution in [2.75, 3.05) is 7.11 Å². The van der Waals surface area contributed by atoms with Crippen molar-refractivity contribution >= 4 is 5.69 Å². The fraction of sp³-hybridized carbons (Fsp3) is 0.250.